The van der Waals surface area contributed by atoms with Crippen LogP contribution in [-0.4, -0.2) is 20.0 Å². The van der Waals surface area contributed by atoms with E-state index in [9.17, 15) is 4.79 Å². The predicted molar refractivity (Wildman–Crippen MR) is 66.3 cm³/mol. The molecule has 1 aromatic carbocycles. The molecule has 94 valence electrons. The molecule has 0 radical (unpaired) electrons. The summed E-state index contributed by atoms with van der Waals surface area (Å²) in [5.41, 5.74) is 0.573. The minimum absolute atomic E-state index is 0.0223. The van der Waals surface area contributed by atoms with Crippen molar-refractivity contribution < 1.29 is 18.7 Å². The lowest BCUT2D eigenvalue weighted by Gasteiger charge is -2.08. The van der Waals surface area contributed by atoms with Gasteiger partial charge >= 0.3 is 0 Å². The van der Waals surface area contributed by atoms with Gasteiger partial charge in [-0.2, -0.15) is 0 Å². The van der Waals surface area contributed by atoms with E-state index in [-0.39, 0.29) is 12.2 Å². The molecule has 0 aliphatic rings. The smallest absolute Gasteiger partial charge is 0.170 e. The second-order valence-electron chi connectivity index (χ2n) is 3.75. The zero-order valence-corrected chi connectivity index (χ0v) is 10.3. The number of rotatable bonds is 5. The topological polar surface area (TPSA) is 48.7 Å². The Balaban J connectivity index is 2.20. The van der Waals surface area contributed by atoms with Gasteiger partial charge in [-0.25, -0.2) is 0 Å². The molecule has 0 aliphatic carbocycles. The van der Waals surface area contributed by atoms with Crippen LogP contribution in [-0.2, 0) is 6.42 Å². The Labute approximate surface area is 105 Å². The van der Waals surface area contributed by atoms with Gasteiger partial charge in [-0.3, -0.25) is 4.79 Å². The van der Waals surface area contributed by atoms with Crippen LogP contribution in [0.4, 0.5) is 0 Å². The van der Waals surface area contributed by atoms with Crippen molar-refractivity contribution in [2.75, 3.05) is 14.2 Å². The fourth-order valence-electron chi connectivity index (χ4n) is 1.68. The zero-order valence-electron chi connectivity index (χ0n) is 10.3. The first-order valence-corrected chi connectivity index (χ1v) is 5.52. The first-order chi connectivity index (χ1) is 8.74. The van der Waals surface area contributed by atoms with Gasteiger partial charge < -0.3 is 13.9 Å². The molecule has 4 nitrogen and oxygen atoms in total. The number of Topliss-reactive ketones (excluding diaryl/α,β-unsaturated/α-hetero) is 1. The van der Waals surface area contributed by atoms with Crippen molar-refractivity contribution in [3.63, 3.8) is 0 Å². The van der Waals surface area contributed by atoms with Crippen LogP contribution in [0.2, 0.25) is 0 Å². The molecule has 18 heavy (non-hydrogen) atoms. The lowest BCUT2D eigenvalue weighted by atomic mass is 10.1. The summed E-state index contributed by atoms with van der Waals surface area (Å²) in [5, 5.41) is 0. The van der Waals surface area contributed by atoms with Gasteiger partial charge in [0.2, 0.25) is 0 Å². The van der Waals surface area contributed by atoms with Crippen LogP contribution < -0.4 is 9.47 Å². The van der Waals surface area contributed by atoms with Crippen LogP contribution in [0.3, 0.4) is 0 Å². The van der Waals surface area contributed by atoms with Crippen LogP contribution in [0.5, 0.6) is 11.5 Å². The average Bonchev–Trinajstić information content (AvgIpc) is 2.90. The van der Waals surface area contributed by atoms with E-state index >= 15 is 0 Å². The molecule has 0 spiro atoms. The number of furan rings is 1. The third-order valence-corrected chi connectivity index (χ3v) is 2.62. The summed E-state index contributed by atoms with van der Waals surface area (Å²) in [6.07, 6.45) is 1.79. The first-order valence-electron chi connectivity index (χ1n) is 5.52. The van der Waals surface area contributed by atoms with E-state index in [1.54, 1.807) is 50.8 Å². The fourth-order valence-corrected chi connectivity index (χ4v) is 1.68. The largest absolute Gasteiger partial charge is 0.493 e. The number of hydrogen-bond donors (Lipinski definition) is 0. The zero-order chi connectivity index (χ0) is 13.0. The van der Waals surface area contributed by atoms with E-state index in [1.165, 1.54) is 0 Å². The molecule has 2 aromatic rings. The lowest BCUT2D eigenvalue weighted by Crippen LogP contribution is -2.03. The van der Waals surface area contributed by atoms with Crippen LogP contribution in [0.15, 0.2) is 41.0 Å². The summed E-state index contributed by atoms with van der Waals surface area (Å²) in [5.74, 6) is 1.77. The summed E-state index contributed by atoms with van der Waals surface area (Å²) in [6.45, 7) is 0. The van der Waals surface area contributed by atoms with Gasteiger partial charge in [-0.05, 0) is 30.3 Å². The molecule has 4 heteroatoms. The molecule has 1 heterocycles. The molecule has 0 fully saturated rings. The van der Waals surface area contributed by atoms with Gasteiger partial charge in [0.15, 0.2) is 17.3 Å². The highest BCUT2D eigenvalue weighted by atomic mass is 16.5. The molecular formula is C14H14O4. The van der Waals surface area contributed by atoms with Crippen molar-refractivity contribution in [2.24, 2.45) is 0 Å². The van der Waals surface area contributed by atoms with Crippen molar-refractivity contribution in [1.29, 1.82) is 0 Å². The Morgan fingerprint density at radius 2 is 1.94 bits per heavy atom. The lowest BCUT2D eigenvalue weighted by molar-refractivity contribution is 0.0986. The minimum atomic E-state index is -0.0223. The van der Waals surface area contributed by atoms with Gasteiger partial charge in [0.1, 0.15) is 5.76 Å². The van der Waals surface area contributed by atoms with Crippen molar-refractivity contribution in [2.45, 2.75) is 6.42 Å². The molecule has 0 bridgehead atoms. The molecule has 0 aliphatic heterocycles. The average molecular weight is 246 g/mol. The first kappa shape index (κ1) is 12.2. The Bertz CT molecular complexity index is 529. The Kier molecular flexibility index (Phi) is 3.67. The van der Waals surface area contributed by atoms with Crippen molar-refractivity contribution >= 4 is 5.78 Å². The molecule has 0 N–H and O–H groups in total. The summed E-state index contributed by atoms with van der Waals surface area (Å²) >= 11 is 0. The number of methoxy groups -OCH3 is 2. The van der Waals surface area contributed by atoms with E-state index in [0.717, 1.165) is 0 Å². The SMILES string of the molecule is COc1ccc(C(=O)Cc2ccco2)cc1OC. The van der Waals surface area contributed by atoms with E-state index in [2.05, 4.69) is 0 Å². The quantitative estimate of drug-likeness (QED) is 0.761. The predicted octanol–water partition coefficient (Wildman–Crippen LogP) is 2.72. The molecule has 0 saturated heterocycles. The van der Waals surface area contributed by atoms with Crippen LogP contribution >= 0.6 is 0 Å². The Morgan fingerprint density at radius 1 is 1.17 bits per heavy atom. The fraction of sp³-hybridized carbons (Fsp3) is 0.214. The second-order valence-corrected chi connectivity index (χ2v) is 3.75. The highest BCUT2D eigenvalue weighted by Crippen LogP contribution is 2.28. The molecule has 0 unspecified atom stereocenters. The standard InChI is InChI=1S/C14H14O4/c1-16-13-6-5-10(8-14(13)17-2)12(15)9-11-4-3-7-18-11/h3-8H,9H2,1-2H3. The molecule has 0 amide bonds. The molecule has 2 rings (SSSR count). The van der Waals surface area contributed by atoms with Crippen LogP contribution in [0.1, 0.15) is 16.1 Å². The summed E-state index contributed by atoms with van der Waals surface area (Å²) in [7, 11) is 3.10. The maximum atomic E-state index is 12.0. The summed E-state index contributed by atoms with van der Waals surface area (Å²) in [6, 6.07) is 8.64. The summed E-state index contributed by atoms with van der Waals surface area (Å²) < 4.78 is 15.4. The third kappa shape index (κ3) is 2.53. The number of hydrogen-bond acceptors (Lipinski definition) is 4. The maximum Gasteiger partial charge on any atom is 0.170 e. The highest BCUT2D eigenvalue weighted by Gasteiger charge is 2.12. The Morgan fingerprint density at radius 3 is 2.56 bits per heavy atom. The van der Waals surface area contributed by atoms with E-state index in [4.69, 9.17) is 13.9 Å². The highest BCUT2D eigenvalue weighted by molar-refractivity contribution is 5.97. The van der Waals surface area contributed by atoms with Gasteiger partial charge in [-0.15, -0.1) is 0 Å². The number of carbonyl (C=O) groups is 1. The molecule has 0 atom stereocenters. The van der Waals surface area contributed by atoms with Crippen molar-refractivity contribution in [1.82, 2.24) is 0 Å². The van der Waals surface area contributed by atoms with Gasteiger partial charge in [-0.1, -0.05) is 0 Å². The maximum absolute atomic E-state index is 12.0. The third-order valence-electron chi connectivity index (χ3n) is 2.62. The van der Waals surface area contributed by atoms with Gasteiger partial charge in [0.05, 0.1) is 26.9 Å². The minimum Gasteiger partial charge on any atom is -0.493 e. The van der Waals surface area contributed by atoms with E-state index in [0.29, 0.717) is 22.8 Å². The van der Waals surface area contributed by atoms with Gasteiger partial charge in [0.25, 0.3) is 0 Å². The molecular weight excluding hydrogens is 232 g/mol. The second kappa shape index (κ2) is 5.40. The molecule has 0 saturated carbocycles. The van der Waals surface area contributed by atoms with Crippen LogP contribution in [0, 0.1) is 0 Å². The van der Waals surface area contributed by atoms with Crippen molar-refractivity contribution in [3.8, 4) is 11.5 Å². The molecule has 1 aromatic heterocycles. The monoisotopic (exact) mass is 246 g/mol. The van der Waals surface area contributed by atoms with Crippen molar-refractivity contribution in [3.05, 3.63) is 47.9 Å². The number of ether oxygens (including phenoxy) is 2. The van der Waals surface area contributed by atoms with Gasteiger partial charge in [0, 0.05) is 5.56 Å². The number of benzene rings is 1. The Hall–Kier alpha value is -2.23. The van der Waals surface area contributed by atoms with Crippen LogP contribution in [0.25, 0.3) is 0 Å². The number of carbonyl (C=O) groups excluding carboxylic acids is 1. The normalized spacial score (nSPS) is 10.1. The number of ketones is 1. The van der Waals surface area contributed by atoms with E-state index in [1.807, 2.05) is 0 Å². The summed E-state index contributed by atoms with van der Waals surface area (Å²) in [4.78, 5) is 12.0. The van der Waals surface area contributed by atoms with E-state index < -0.39 is 0 Å².